The molecule has 0 heterocycles. The average Bonchev–Trinajstić information content (AvgIpc) is 2.34. The fraction of sp³-hybridized carbons (Fsp3) is 0.600. The molecule has 0 aliphatic heterocycles. The molecule has 1 aromatic carbocycles. The van der Waals surface area contributed by atoms with E-state index in [-0.39, 0.29) is 5.60 Å². The molecular formula is C15H21BrClNO. The van der Waals surface area contributed by atoms with Crippen LogP contribution in [0.5, 0.6) is 5.75 Å². The van der Waals surface area contributed by atoms with Gasteiger partial charge in [-0.15, -0.1) is 0 Å². The van der Waals surface area contributed by atoms with Crippen molar-refractivity contribution in [3.63, 3.8) is 0 Å². The molecule has 0 radical (unpaired) electrons. The summed E-state index contributed by atoms with van der Waals surface area (Å²) >= 11 is 9.48. The van der Waals surface area contributed by atoms with Gasteiger partial charge in [0.25, 0.3) is 0 Å². The summed E-state index contributed by atoms with van der Waals surface area (Å²) in [4.78, 5) is 0. The van der Waals surface area contributed by atoms with Gasteiger partial charge in [-0.3, -0.25) is 0 Å². The fourth-order valence-electron chi connectivity index (χ4n) is 2.38. The molecule has 0 bridgehead atoms. The molecular weight excluding hydrogens is 326 g/mol. The van der Waals surface area contributed by atoms with Crippen molar-refractivity contribution in [1.82, 2.24) is 5.32 Å². The minimum absolute atomic E-state index is 0.0249. The molecule has 19 heavy (non-hydrogen) atoms. The maximum atomic E-state index is 6.26. The lowest BCUT2D eigenvalue weighted by Crippen LogP contribution is -2.45. The Hall–Kier alpha value is -0.250. The normalized spacial score (nSPS) is 17.0. The molecule has 2 rings (SSSR count). The van der Waals surface area contributed by atoms with Gasteiger partial charge in [0.1, 0.15) is 11.4 Å². The molecule has 1 aromatic rings. The molecule has 4 heteroatoms. The van der Waals surface area contributed by atoms with E-state index >= 15 is 0 Å². The van der Waals surface area contributed by atoms with Crippen molar-refractivity contribution in [3.05, 3.63) is 27.7 Å². The molecule has 1 fully saturated rings. The number of rotatable bonds is 7. The highest BCUT2D eigenvalue weighted by Gasteiger charge is 2.39. The van der Waals surface area contributed by atoms with Gasteiger partial charge in [-0.05, 0) is 79.3 Å². The van der Waals surface area contributed by atoms with Crippen LogP contribution in [0.25, 0.3) is 0 Å². The molecule has 0 amide bonds. The molecule has 2 nitrogen and oxygen atoms in total. The second-order valence-corrected chi connectivity index (χ2v) is 6.50. The first kappa shape index (κ1) is 15.1. The van der Waals surface area contributed by atoms with Crippen molar-refractivity contribution < 1.29 is 4.74 Å². The Morgan fingerprint density at radius 3 is 2.74 bits per heavy atom. The van der Waals surface area contributed by atoms with E-state index in [1.165, 1.54) is 12.8 Å². The monoisotopic (exact) mass is 345 g/mol. The van der Waals surface area contributed by atoms with E-state index in [9.17, 15) is 0 Å². The van der Waals surface area contributed by atoms with Crippen LogP contribution in [0.1, 0.15) is 39.0 Å². The molecule has 0 unspecified atom stereocenters. The van der Waals surface area contributed by atoms with Crippen LogP contribution in [0.15, 0.2) is 22.7 Å². The number of benzene rings is 1. The maximum Gasteiger partial charge on any atom is 0.134 e. The summed E-state index contributed by atoms with van der Waals surface area (Å²) in [6.45, 7) is 4.30. The van der Waals surface area contributed by atoms with Gasteiger partial charge in [-0.1, -0.05) is 18.5 Å². The summed E-state index contributed by atoms with van der Waals surface area (Å²) in [5.74, 6) is 0.902. The van der Waals surface area contributed by atoms with Crippen molar-refractivity contribution in [2.24, 2.45) is 0 Å². The standard InChI is InChI=1S/C15H21BrClNO/c1-2-9-18-10-8-15(6-3-7-15)19-14-5-4-12(17)11-13(14)16/h4-5,11,18H,2-3,6-10H2,1H3. The molecule has 106 valence electrons. The molecule has 0 aromatic heterocycles. The van der Waals surface area contributed by atoms with E-state index in [1.54, 1.807) is 0 Å². The summed E-state index contributed by atoms with van der Waals surface area (Å²) in [6, 6.07) is 5.72. The smallest absolute Gasteiger partial charge is 0.134 e. The lowest BCUT2D eigenvalue weighted by Gasteiger charge is -2.42. The van der Waals surface area contributed by atoms with Crippen LogP contribution in [-0.2, 0) is 0 Å². The van der Waals surface area contributed by atoms with Crippen molar-refractivity contribution in [2.45, 2.75) is 44.6 Å². The zero-order valence-corrected chi connectivity index (χ0v) is 13.7. The summed E-state index contributed by atoms with van der Waals surface area (Å²) in [6.07, 6.45) is 5.81. The highest BCUT2D eigenvalue weighted by molar-refractivity contribution is 9.10. The predicted octanol–water partition coefficient (Wildman–Crippen LogP) is 4.79. The lowest BCUT2D eigenvalue weighted by molar-refractivity contribution is -0.0148. The summed E-state index contributed by atoms with van der Waals surface area (Å²) in [7, 11) is 0. The third kappa shape index (κ3) is 4.11. The van der Waals surface area contributed by atoms with Gasteiger partial charge in [0.2, 0.25) is 0 Å². The average molecular weight is 347 g/mol. The Morgan fingerprint density at radius 2 is 2.16 bits per heavy atom. The van der Waals surface area contributed by atoms with Crippen LogP contribution in [0, 0.1) is 0 Å². The van der Waals surface area contributed by atoms with Gasteiger partial charge in [-0.2, -0.15) is 0 Å². The Kier molecular flexibility index (Phi) is 5.55. The topological polar surface area (TPSA) is 21.3 Å². The Balaban J connectivity index is 1.94. The van der Waals surface area contributed by atoms with E-state index in [0.29, 0.717) is 0 Å². The second kappa shape index (κ2) is 6.96. The van der Waals surface area contributed by atoms with E-state index in [1.807, 2.05) is 18.2 Å². The van der Waals surface area contributed by atoms with Gasteiger partial charge in [0.05, 0.1) is 4.47 Å². The molecule has 0 spiro atoms. The van der Waals surface area contributed by atoms with Crippen molar-refractivity contribution in [2.75, 3.05) is 13.1 Å². The number of ether oxygens (including phenoxy) is 1. The highest BCUT2D eigenvalue weighted by Crippen LogP contribution is 2.41. The zero-order chi connectivity index (χ0) is 13.7. The third-order valence-corrected chi connectivity index (χ3v) is 4.52. The SMILES string of the molecule is CCCNCCC1(Oc2ccc(Cl)cc2Br)CCC1. The zero-order valence-electron chi connectivity index (χ0n) is 11.3. The molecule has 1 saturated carbocycles. The molecule has 0 saturated heterocycles. The van der Waals surface area contributed by atoms with Crippen LogP contribution < -0.4 is 10.1 Å². The van der Waals surface area contributed by atoms with Crippen LogP contribution >= 0.6 is 27.5 Å². The Bertz CT molecular complexity index is 421. The van der Waals surface area contributed by atoms with Crippen molar-refractivity contribution in [1.29, 1.82) is 0 Å². The van der Waals surface area contributed by atoms with Crippen LogP contribution in [0.2, 0.25) is 5.02 Å². The molecule has 1 aliphatic rings. The summed E-state index contributed by atoms with van der Waals surface area (Å²) < 4.78 is 7.20. The number of halogens is 2. The minimum atomic E-state index is 0.0249. The second-order valence-electron chi connectivity index (χ2n) is 5.21. The van der Waals surface area contributed by atoms with Gasteiger partial charge in [0.15, 0.2) is 0 Å². The van der Waals surface area contributed by atoms with Crippen molar-refractivity contribution >= 4 is 27.5 Å². The number of hydrogen-bond donors (Lipinski definition) is 1. The van der Waals surface area contributed by atoms with Gasteiger partial charge < -0.3 is 10.1 Å². The first-order valence-electron chi connectivity index (χ1n) is 7.00. The van der Waals surface area contributed by atoms with Crippen LogP contribution in [0.3, 0.4) is 0 Å². The van der Waals surface area contributed by atoms with Gasteiger partial charge in [0, 0.05) is 5.02 Å². The molecule has 0 atom stereocenters. The fourth-order valence-corrected chi connectivity index (χ4v) is 3.15. The highest BCUT2D eigenvalue weighted by atomic mass is 79.9. The molecule has 1 aliphatic carbocycles. The van der Waals surface area contributed by atoms with E-state index < -0.39 is 0 Å². The van der Waals surface area contributed by atoms with Crippen LogP contribution in [-0.4, -0.2) is 18.7 Å². The maximum absolute atomic E-state index is 6.26. The van der Waals surface area contributed by atoms with Gasteiger partial charge in [-0.25, -0.2) is 0 Å². The number of hydrogen-bond acceptors (Lipinski definition) is 2. The largest absolute Gasteiger partial charge is 0.486 e. The van der Waals surface area contributed by atoms with E-state index in [0.717, 1.165) is 47.6 Å². The number of nitrogens with one attached hydrogen (secondary N) is 1. The first-order chi connectivity index (χ1) is 9.15. The van der Waals surface area contributed by atoms with E-state index in [4.69, 9.17) is 16.3 Å². The van der Waals surface area contributed by atoms with Gasteiger partial charge >= 0.3 is 0 Å². The van der Waals surface area contributed by atoms with E-state index in [2.05, 4.69) is 28.2 Å². The predicted molar refractivity (Wildman–Crippen MR) is 84.1 cm³/mol. The Labute approximate surface area is 129 Å². The van der Waals surface area contributed by atoms with Crippen LogP contribution in [0.4, 0.5) is 0 Å². The first-order valence-corrected chi connectivity index (χ1v) is 8.17. The van der Waals surface area contributed by atoms with Crippen molar-refractivity contribution in [3.8, 4) is 5.75 Å². The Morgan fingerprint density at radius 1 is 1.37 bits per heavy atom. The molecule has 1 N–H and O–H groups in total. The lowest BCUT2D eigenvalue weighted by atomic mass is 9.77. The summed E-state index contributed by atoms with van der Waals surface area (Å²) in [5, 5.41) is 4.18. The third-order valence-electron chi connectivity index (χ3n) is 3.67. The quantitative estimate of drug-likeness (QED) is 0.716. The minimum Gasteiger partial charge on any atom is -0.486 e. The summed E-state index contributed by atoms with van der Waals surface area (Å²) in [5.41, 5.74) is 0.0249.